The number of rotatable bonds is 4. The fourth-order valence-corrected chi connectivity index (χ4v) is 3.49. The van der Waals surface area contributed by atoms with Crippen LogP contribution in [0.25, 0.3) is 0 Å². The maximum absolute atomic E-state index is 4.04. The molecule has 0 amide bonds. The van der Waals surface area contributed by atoms with Crippen LogP contribution in [0.5, 0.6) is 0 Å². The molecule has 0 spiro atoms. The molecule has 0 aromatic heterocycles. The summed E-state index contributed by atoms with van der Waals surface area (Å²) in [6, 6.07) is 1.77. The van der Waals surface area contributed by atoms with Gasteiger partial charge in [-0.3, -0.25) is 0 Å². The van der Waals surface area contributed by atoms with Gasteiger partial charge in [0.05, 0.1) is 0 Å². The highest BCUT2D eigenvalue weighted by Crippen LogP contribution is 2.45. The molecule has 0 aliphatic heterocycles. The van der Waals surface area contributed by atoms with Crippen molar-refractivity contribution in [1.82, 2.24) is 5.32 Å². The Morgan fingerprint density at radius 1 is 0.812 bits per heavy atom. The minimum absolute atomic E-state index is 0.858. The van der Waals surface area contributed by atoms with Crippen LogP contribution in [0.1, 0.15) is 64.7 Å². The summed E-state index contributed by atoms with van der Waals surface area (Å²) in [5, 5.41) is 4.04. The molecule has 1 nitrogen and oxygen atoms in total. The molecule has 0 heterocycles. The third-order valence-corrected chi connectivity index (χ3v) is 4.95. The Labute approximate surface area is 100 Å². The average Bonchev–Trinajstić information content (AvgIpc) is 3.13. The third kappa shape index (κ3) is 2.80. The Morgan fingerprint density at radius 2 is 1.50 bits per heavy atom. The first-order chi connectivity index (χ1) is 7.83. The van der Waals surface area contributed by atoms with E-state index < -0.39 is 0 Å². The van der Waals surface area contributed by atoms with Gasteiger partial charge in [-0.05, 0) is 62.7 Å². The van der Waals surface area contributed by atoms with Crippen LogP contribution in [0.4, 0.5) is 0 Å². The predicted octanol–water partition coefficient (Wildman–Crippen LogP) is 3.73. The molecule has 2 unspecified atom stereocenters. The van der Waals surface area contributed by atoms with E-state index in [0.717, 1.165) is 29.8 Å². The highest BCUT2D eigenvalue weighted by molar-refractivity contribution is 4.97. The molecule has 3 aliphatic rings. The Balaban J connectivity index is 1.51. The van der Waals surface area contributed by atoms with Crippen molar-refractivity contribution in [2.24, 2.45) is 17.8 Å². The highest BCUT2D eigenvalue weighted by Gasteiger charge is 2.42. The van der Waals surface area contributed by atoms with E-state index in [-0.39, 0.29) is 0 Å². The number of nitrogens with one attached hydrogen (secondary N) is 1. The summed E-state index contributed by atoms with van der Waals surface area (Å²) in [7, 11) is 0. The second-order valence-electron chi connectivity index (χ2n) is 6.68. The highest BCUT2D eigenvalue weighted by atomic mass is 15.0. The second kappa shape index (κ2) is 4.68. The van der Waals surface area contributed by atoms with Crippen LogP contribution in [0, 0.1) is 17.8 Å². The molecule has 1 N–H and O–H groups in total. The quantitative estimate of drug-likeness (QED) is 0.713. The number of hydrogen-bond donors (Lipinski definition) is 1. The van der Waals surface area contributed by atoms with E-state index in [1.165, 1.54) is 57.8 Å². The van der Waals surface area contributed by atoms with E-state index in [1.807, 2.05) is 0 Å². The zero-order valence-corrected chi connectivity index (χ0v) is 10.8. The van der Waals surface area contributed by atoms with E-state index in [2.05, 4.69) is 12.2 Å². The summed E-state index contributed by atoms with van der Waals surface area (Å²) >= 11 is 0. The molecule has 2 atom stereocenters. The summed E-state index contributed by atoms with van der Waals surface area (Å²) in [5.41, 5.74) is 0. The van der Waals surface area contributed by atoms with Gasteiger partial charge in [-0.2, -0.15) is 0 Å². The van der Waals surface area contributed by atoms with Gasteiger partial charge < -0.3 is 5.32 Å². The van der Waals surface area contributed by atoms with Gasteiger partial charge in [0, 0.05) is 12.1 Å². The molecular weight excluding hydrogens is 194 g/mol. The normalized spacial score (nSPS) is 36.4. The van der Waals surface area contributed by atoms with Crippen LogP contribution in [0.15, 0.2) is 0 Å². The van der Waals surface area contributed by atoms with Gasteiger partial charge in [-0.25, -0.2) is 0 Å². The van der Waals surface area contributed by atoms with Gasteiger partial charge in [0.25, 0.3) is 0 Å². The smallest absolute Gasteiger partial charge is 0.0126 e. The van der Waals surface area contributed by atoms with Crippen LogP contribution in [-0.4, -0.2) is 12.1 Å². The molecule has 0 aromatic carbocycles. The van der Waals surface area contributed by atoms with Gasteiger partial charge in [0.1, 0.15) is 0 Å². The SMILES string of the molecule is CC1CCCC(NC(C2CC2)C2CC2)CC1. The third-order valence-electron chi connectivity index (χ3n) is 4.95. The van der Waals surface area contributed by atoms with Crippen molar-refractivity contribution in [3.8, 4) is 0 Å². The maximum atomic E-state index is 4.04. The molecular formula is C15H27N. The fourth-order valence-electron chi connectivity index (χ4n) is 3.49. The van der Waals surface area contributed by atoms with Gasteiger partial charge >= 0.3 is 0 Å². The van der Waals surface area contributed by atoms with Crippen molar-refractivity contribution in [3.05, 3.63) is 0 Å². The topological polar surface area (TPSA) is 12.0 Å². The Hall–Kier alpha value is -0.0400. The molecule has 16 heavy (non-hydrogen) atoms. The summed E-state index contributed by atoms with van der Waals surface area (Å²) in [6.07, 6.45) is 13.3. The fraction of sp³-hybridized carbons (Fsp3) is 1.00. The minimum atomic E-state index is 0.858. The van der Waals surface area contributed by atoms with Crippen LogP contribution in [0.3, 0.4) is 0 Å². The second-order valence-corrected chi connectivity index (χ2v) is 6.68. The van der Waals surface area contributed by atoms with E-state index in [0.29, 0.717) is 0 Å². The lowest BCUT2D eigenvalue weighted by Crippen LogP contribution is -2.40. The summed E-state index contributed by atoms with van der Waals surface area (Å²) in [4.78, 5) is 0. The van der Waals surface area contributed by atoms with E-state index >= 15 is 0 Å². The molecule has 0 bridgehead atoms. The summed E-state index contributed by atoms with van der Waals surface area (Å²) in [6.45, 7) is 2.43. The Bertz CT molecular complexity index is 218. The summed E-state index contributed by atoms with van der Waals surface area (Å²) in [5.74, 6) is 3.11. The lowest BCUT2D eigenvalue weighted by Gasteiger charge is -2.25. The largest absolute Gasteiger partial charge is 0.311 e. The van der Waals surface area contributed by atoms with E-state index in [4.69, 9.17) is 0 Å². The van der Waals surface area contributed by atoms with Crippen LogP contribution >= 0.6 is 0 Å². The van der Waals surface area contributed by atoms with Gasteiger partial charge in [-0.1, -0.05) is 19.8 Å². The Kier molecular flexibility index (Phi) is 3.24. The molecule has 0 radical (unpaired) electrons. The first-order valence-electron chi connectivity index (χ1n) is 7.59. The molecule has 3 fully saturated rings. The Morgan fingerprint density at radius 3 is 2.12 bits per heavy atom. The van der Waals surface area contributed by atoms with Crippen LogP contribution in [-0.2, 0) is 0 Å². The molecule has 3 aliphatic carbocycles. The van der Waals surface area contributed by atoms with Crippen molar-refractivity contribution >= 4 is 0 Å². The first kappa shape index (κ1) is 11.1. The minimum Gasteiger partial charge on any atom is -0.311 e. The zero-order chi connectivity index (χ0) is 11.0. The molecule has 92 valence electrons. The van der Waals surface area contributed by atoms with Crippen molar-refractivity contribution in [3.63, 3.8) is 0 Å². The van der Waals surface area contributed by atoms with Crippen molar-refractivity contribution in [2.45, 2.75) is 76.8 Å². The lowest BCUT2D eigenvalue weighted by atomic mass is 10.0. The van der Waals surface area contributed by atoms with Gasteiger partial charge in [0.15, 0.2) is 0 Å². The molecule has 0 saturated heterocycles. The standard InChI is InChI=1S/C15H27N/c1-11-3-2-4-14(10-5-11)16-15(12-6-7-12)13-8-9-13/h11-16H,2-10H2,1H3. The molecule has 0 aromatic rings. The molecule has 3 saturated carbocycles. The van der Waals surface area contributed by atoms with Gasteiger partial charge in [0.2, 0.25) is 0 Å². The zero-order valence-electron chi connectivity index (χ0n) is 10.8. The maximum Gasteiger partial charge on any atom is 0.0126 e. The van der Waals surface area contributed by atoms with Crippen molar-refractivity contribution in [2.75, 3.05) is 0 Å². The van der Waals surface area contributed by atoms with Crippen molar-refractivity contribution in [1.29, 1.82) is 0 Å². The van der Waals surface area contributed by atoms with E-state index in [1.54, 1.807) is 0 Å². The predicted molar refractivity (Wildman–Crippen MR) is 68.4 cm³/mol. The first-order valence-corrected chi connectivity index (χ1v) is 7.59. The van der Waals surface area contributed by atoms with E-state index in [9.17, 15) is 0 Å². The molecule has 1 heteroatoms. The lowest BCUT2D eigenvalue weighted by molar-refractivity contribution is 0.337. The number of hydrogen-bond acceptors (Lipinski definition) is 1. The average molecular weight is 221 g/mol. The summed E-state index contributed by atoms with van der Waals surface area (Å²) < 4.78 is 0. The molecule has 3 rings (SSSR count). The van der Waals surface area contributed by atoms with Crippen molar-refractivity contribution < 1.29 is 0 Å². The monoisotopic (exact) mass is 221 g/mol. The van der Waals surface area contributed by atoms with Crippen LogP contribution in [0.2, 0.25) is 0 Å². The van der Waals surface area contributed by atoms with Gasteiger partial charge in [-0.15, -0.1) is 0 Å². The van der Waals surface area contributed by atoms with Crippen LogP contribution < -0.4 is 5.32 Å².